The minimum absolute atomic E-state index is 0.216. The smallest absolute Gasteiger partial charge is 0.258 e. The molecule has 2 amide bonds. The second-order valence-corrected chi connectivity index (χ2v) is 8.74. The van der Waals surface area contributed by atoms with E-state index in [1.165, 1.54) is 48.5 Å². The Morgan fingerprint density at radius 3 is 1.73 bits per heavy atom. The summed E-state index contributed by atoms with van der Waals surface area (Å²) in [6.45, 7) is -0.464. The van der Waals surface area contributed by atoms with Gasteiger partial charge in [0.25, 0.3) is 11.8 Å². The number of hydrogen-bond donors (Lipinski definition) is 3. The van der Waals surface area contributed by atoms with Crippen LogP contribution in [-0.4, -0.2) is 47.3 Å². The van der Waals surface area contributed by atoms with Crippen molar-refractivity contribution < 1.29 is 33.0 Å². The van der Waals surface area contributed by atoms with Crippen molar-refractivity contribution in [3.63, 3.8) is 0 Å². The molecule has 0 heterocycles. The largest absolute Gasteiger partial charge is 0.484 e. The van der Waals surface area contributed by atoms with Crippen molar-refractivity contribution in [2.75, 3.05) is 13.2 Å². The summed E-state index contributed by atoms with van der Waals surface area (Å²) in [5.41, 5.74) is -1.32. The average molecular weight is 460 g/mol. The van der Waals surface area contributed by atoms with Crippen LogP contribution in [0.25, 0.3) is 0 Å². The predicted octanol–water partition coefficient (Wildman–Crippen LogP) is 2.47. The van der Waals surface area contributed by atoms with Crippen LogP contribution in [0.3, 0.4) is 0 Å². The van der Waals surface area contributed by atoms with Crippen molar-refractivity contribution in [2.24, 2.45) is 0 Å². The van der Waals surface area contributed by atoms with Gasteiger partial charge in [-0.3, -0.25) is 9.59 Å². The fourth-order valence-corrected chi connectivity index (χ4v) is 4.67. The van der Waals surface area contributed by atoms with Crippen molar-refractivity contribution in [2.45, 2.75) is 49.3 Å². The molecule has 2 aromatic rings. The van der Waals surface area contributed by atoms with Crippen LogP contribution >= 0.6 is 0 Å². The molecule has 0 saturated heterocycles. The second kappa shape index (κ2) is 9.35. The van der Waals surface area contributed by atoms with Crippen molar-refractivity contribution >= 4 is 11.8 Å². The Balaban J connectivity index is 1.27. The molecule has 0 radical (unpaired) electrons. The molecule has 3 fully saturated rings. The van der Waals surface area contributed by atoms with Gasteiger partial charge >= 0.3 is 0 Å². The summed E-state index contributed by atoms with van der Waals surface area (Å²) >= 11 is 0. The van der Waals surface area contributed by atoms with Crippen LogP contribution in [0.15, 0.2) is 48.5 Å². The van der Waals surface area contributed by atoms with Crippen molar-refractivity contribution in [1.29, 1.82) is 0 Å². The van der Waals surface area contributed by atoms with Gasteiger partial charge < -0.3 is 25.2 Å². The number of aliphatic hydroxyl groups excluding tert-OH is 1. The number of aliphatic hydroxyl groups is 1. The maximum absolute atomic E-state index is 13.0. The topological polar surface area (TPSA) is 96.9 Å². The summed E-state index contributed by atoms with van der Waals surface area (Å²) in [5, 5.41) is 16.7. The van der Waals surface area contributed by atoms with Crippen LogP contribution in [0.2, 0.25) is 0 Å². The number of ether oxygens (including phenoxy) is 2. The summed E-state index contributed by atoms with van der Waals surface area (Å²) < 4.78 is 36.7. The van der Waals surface area contributed by atoms with E-state index < -0.39 is 23.0 Å². The fourth-order valence-electron chi connectivity index (χ4n) is 4.67. The van der Waals surface area contributed by atoms with E-state index in [9.17, 15) is 23.5 Å². The molecule has 7 nitrogen and oxygen atoms in total. The number of nitrogens with one attached hydrogen (secondary N) is 2. The Bertz CT molecular complexity index is 989. The second-order valence-electron chi connectivity index (χ2n) is 8.74. The lowest BCUT2D eigenvalue weighted by molar-refractivity contribution is -0.137. The van der Waals surface area contributed by atoms with Gasteiger partial charge in [-0.05, 0) is 80.6 Å². The van der Waals surface area contributed by atoms with Gasteiger partial charge in [0.15, 0.2) is 13.2 Å². The minimum Gasteiger partial charge on any atom is -0.484 e. The third-order valence-electron chi connectivity index (χ3n) is 6.48. The van der Waals surface area contributed by atoms with Gasteiger partial charge in [0.05, 0.1) is 11.6 Å². The molecule has 2 aromatic carbocycles. The number of hydrogen-bond acceptors (Lipinski definition) is 5. The molecule has 3 N–H and O–H groups in total. The Morgan fingerprint density at radius 1 is 0.818 bits per heavy atom. The third-order valence-corrected chi connectivity index (χ3v) is 6.48. The number of rotatable bonds is 8. The number of carbonyl (C=O) groups is 2. The molecule has 33 heavy (non-hydrogen) atoms. The zero-order valence-electron chi connectivity index (χ0n) is 18.0. The van der Waals surface area contributed by atoms with Crippen LogP contribution in [0.4, 0.5) is 8.78 Å². The first-order chi connectivity index (χ1) is 15.8. The molecule has 1 atom stereocenters. The monoisotopic (exact) mass is 460 g/mol. The van der Waals surface area contributed by atoms with Crippen molar-refractivity contribution in [3.8, 4) is 11.5 Å². The first-order valence-electron chi connectivity index (χ1n) is 10.8. The highest BCUT2D eigenvalue weighted by atomic mass is 19.1. The molecular formula is C24H26F2N2O5. The Kier molecular flexibility index (Phi) is 6.51. The molecule has 0 unspecified atom stereocenters. The molecule has 3 aliphatic carbocycles. The molecule has 0 aromatic heterocycles. The van der Waals surface area contributed by atoms with Crippen molar-refractivity contribution in [3.05, 3.63) is 60.2 Å². The minimum atomic E-state index is -0.826. The number of carbonyl (C=O) groups excluding carboxylic acids is 2. The SMILES string of the molecule is O=C(COc1ccc(F)cc1)NC12CCC(NC(=O)COc3ccc(F)cc3)(CC1)[C@H](O)C2. The fraction of sp³-hybridized carbons (Fsp3) is 0.417. The van der Waals surface area contributed by atoms with Crippen molar-refractivity contribution in [1.82, 2.24) is 10.6 Å². The molecule has 5 rings (SSSR count). The third kappa shape index (κ3) is 5.42. The lowest BCUT2D eigenvalue weighted by Gasteiger charge is -2.56. The first-order valence-corrected chi connectivity index (χ1v) is 10.8. The molecule has 3 aliphatic rings. The normalized spacial score (nSPS) is 25.8. The summed E-state index contributed by atoms with van der Waals surface area (Å²) in [6.07, 6.45) is 1.71. The van der Waals surface area contributed by atoms with Gasteiger partial charge in [0.1, 0.15) is 23.1 Å². The van der Waals surface area contributed by atoms with E-state index in [4.69, 9.17) is 9.47 Å². The lowest BCUT2D eigenvalue weighted by atomic mass is 9.60. The van der Waals surface area contributed by atoms with Gasteiger partial charge in [-0.1, -0.05) is 0 Å². The molecule has 176 valence electrons. The number of benzene rings is 2. The molecule has 2 bridgehead atoms. The van der Waals surface area contributed by atoms with E-state index in [1.54, 1.807) is 0 Å². The van der Waals surface area contributed by atoms with Crippen LogP contribution in [-0.2, 0) is 9.59 Å². The average Bonchev–Trinajstić information content (AvgIpc) is 2.79. The number of fused-ring (bicyclic) bond motifs is 3. The summed E-state index contributed by atoms with van der Waals surface area (Å²) in [5.74, 6) is -0.706. The van der Waals surface area contributed by atoms with Gasteiger partial charge in [0.2, 0.25) is 0 Å². The zero-order valence-corrected chi connectivity index (χ0v) is 18.0. The maximum Gasteiger partial charge on any atom is 0.258 e. The highest BCUT2D eigenvalue weighted by Crippen LogP contribution is 2.47. The van der Waals surface area contributed by atoms with E-state index >= 15 is 0 Å². The van der Waals surface area contributed by atoms with E-state index in [0.717, 1.165) is 0 Å². The van der Waals surface area contributed by atoms with Gasteiger partial charge in [-0.2, -0.15) is 0 Å². The molecule has 0 aliphatic heterocycles. The highest BCUT2D eigenvalue weighted by Gasteiger charge is 2.55. The maximum atomic E-state index is 13.0. The molecule has 0 spiro atoms. The van der Waals surface area contributed by atoms with Crippen LogP contribution in [0, 0.1) is 11.6 Å². The van der Waals surface area contributed by atoms with Gasteiger partial charge in [-0.25, -0.2) is 8.78 Å². The van der Waals surface area contributed by atoms with Gasteiger partial charge in [0, 0.05) is 5.54 Å². The lowest BCUT2D eigenvalue weighted by Crippen LogP contribution is -2.70. The zero-order chi connectivity index (χ0) is 23.5. The summed E-state index contributed by atoms with van der Waals surface area (Å²) in [6, 6.07) is 10.8. The van der Waals surface area contributed by atoms with Crippen LogP contribution < -0.4 is 20.1 Å². The highest BCUT2D eigenvalue weighted by molar-refractivity contribution is 5.79. The standard InChI is InChI=1S/C24H26F2N2O5/c25-16-1-5-18(6-2-16)32-14-21(30)27-23-9-11-24(12-10-23,20(29)13-23)28-22(31)15-33-19-7-3-17(26)4-8-19/h1-8,20,29H,9-15H2,(H,27,30)(H,28,31)/t20-,23?,24?/m1/s1. The molecule has 9 heteroatoms. The number of halogens is 2. The van der Waals surface area contributed by atoms with E-state index in [2.05, 4.69) is 10.6 Å². The Morgan fingerprint density at radius 2 is 1.27 bits per heavy atom. The quantitative estimate of drug-likeness (QED) is 0.563. The first kappa shape index (κ1) is 23.0. The van der Waals surface area contributed by atoms with E-state index in [1.807, 2.05) is 0 Å². The summed E-state index contributed by atoms with van der Waals surface area (Å²) in [4.78, 5) is 24.9. The van der Waals surface area contributed by atoms with E-state index in [-0.39, 0.29) is 30.8 Å². The van der Waals surface area contributed by atoms with E-state index in [0.29, 0.717) is 43.6 Å². The van der Waals surface area contributed by atoms with Crippen LogP contribution in [0.1, 0.15) is 32.1 Å². The molecule has 3 saturated carbocycles. The Labute approximate surface area is 190 Å². The Hall–Kier alpha value is -3.20. The predicted molar refractivity (Wildman–Crippen MR) is 115 cm³/mol. The summed E-state index contributed by atoms with van der Waals surface area (Å²) in [7, 11) is 0. The van der Waals surface area contributed by atoms with Gasteiger partial charge in [-0.15, -0.1) is 0 Å². The van der Waals surface area contributed by atoms with Crippen LogP contribution in [0.5, 0.6) is 11.5 Å². The number of amides is 2. The molecular weight excluding hydrogens is 434 g/mol.